The molecule has 0 aliphatic carbocycles. The fraction of sp³-hybridized carbons (Fsp3) is 0.291. The molecule has 2 nitrogen and oxygen atoms in total. The monoisotopic (exact) mass is 1080 g/mol. The van der Waals surface area contributed by atoms with E-state index in [1.807, 2.05) is 0 Å². The molecule has 10 aromatic rings. The summed E-state index contributed by atoms with van der Waals surface area (Å²) in [5.41, 5.74) is 32.2. The Kier molecular flexibility index (Phi) is 13.5. The van der Waals surface area contributed by atoms with Crippen LogP contribution in [-0.2, 0) is 16.2 Å². The highest BCUT2D eigenvalue weighted by Crippen LogP contribution is 2.44. The maximum absolute atomic E-state index is 2.79. The van der Waals surface area contributed by atoms with E-state index in [-0.39, 0.29) is 41.1 Å². The van der Waals surface area contributed by atoms with Gasteiger partial charge >= 0.3 is 0 Å². The summed E-state index contributed by atoms with van der Waals surface area (Å²) in [7, 11) is 0. The summed E-state index contributed by atoms with van der Waals surface area (Å²) < 4.78 is 2.65. The fourth-order valence-corrected chi connectivity index (χ4v) is 14.5. The van der Waals surface area contributed by atoms with Gasteiger partial charge in [-0.3, -0.25) is 0 Å². The second-order valence-electron chi connectivity index (χ2n) is 28.8. The zero-order valence-corrected chi connectivity index (χ0v) is 52.9. The van der Waals surface area contributed by atoms with E-state index in [9.17, 15) is 0 Å². The van der Waals surface area contributed by atoms with Crippen molar-refractivity contribution in [2.24, 2.45) is 5.41 Å². The quantitative estimate of drug-likeness (QED) is 0.151. The molecule has 4 heteroatoms. The van der Waals surface area contributed by atoms with Crippen LogP contribution < -0.4 is 32.2 Å². The van der Waals surface area contributed by atoms with Gasteiger partial charge in [0.2, 0.25) is 13.4 Å². The number of hydrogen-bond acceptors (Lipinski definition) is 1. The number of nitrogens with zero attached hydrogens (tertiary/aromatic N) is 2. The van der Waals surface area contributed by atoms with Gasteiger partial charge < -0.3 is 9.47 Å². The second kappa shape index (κ2) is 20.1. The first-order chi connectivity index (χ1) is 39.2. The first-order valence-corrected chi connectivity index (χ1v) is 30.5. The maximum atomic E-state index is 2.79. The molecule has 1 atom stereocenters. The molecule has 416 valence electrons. The lowest BCUT2D eigenvalue weighted by Gasteiger charge is -2.48. The van der Waals surface area contributed by atoms with Gasteiger partial charge in [0.05, 0.1) is 11.0 Å². The summed E-state index contributed by atoms with van der Waals surface area (Å²) in [5, 5.41) is 2.49. The highest BCUT2D eigenvalue weighted by Gasteiger charge is 2.45. The zero-order chi connectivity index (χ0) is 59.0. The molecule has 0 radical (unpaired) electrons. The molecule has 3 heterocycles. The number of aromatic nitrogens is 1. The van der Waals surface area contributed by atoms with Gasteiger partial charge in [-0.2, -0.15) is 0 Å². The van der Waals surface area contributed by atoms with E-state index in [1.165, 1.54) is 150 Å². The molecule has 0 N–H and O–H groups in total. The van der Waals surface area contributed by atoms with Crippen LogP contribution in [0, 0.1) is 47.0 Å². The lowest BCUT2D eigenvalue weighted by atomic mass is 9.31. The van der Waals surface area contributed by atoms with Crippen LogP contribution in [0.2, 0.25) is 0 Å². The number of para-hydroxylation sites is 2. The Hall–Kier alpha value is -7.55. The minimum Gasteiger partial charge on any atom is -0.339 e. The molecule has 12 rings (SSSR count). The van der Waals surface area contributed by atoms with Crippen LogP contribution >= 0.6 is 0 Å². The van der Waals surface area contributed by atoms with Crippen LogP contribution in [0.4, 0.5) is 11.4 Å². The summed E-state index contributed by atoms with van der Waals surface area (Å²) in [5.74, 6) is 2.58. The Bertz CT molecular complexity index is 4130. The third-order valence-corrected chi connectivity index (χ3v) is 19.1. The van der Waals surface area contributed by atoms with E-state index in [0.717, 1.165) is 0 Å². The molecule has 83 heavy (non-hydrogen) atoms. The molecule has 2 aliphatic rings. The summed E-state index contributed by atoms with van der Waals surface area (Å²) in [6.07, 6.45) is 2.55. The van der Waals surface area contributed by atoms with Crippen LogP contribution in [0.15, 0.2) is 176 Å². The van der Waals surface area contributed by atoms with Gasteiger partial charge in [0.25, 0.3) is 0 Å². The van der Waals surface area contributed by atoms with Gasteiger partial charge in [-0.25, -0.2) is 0 Å². The van der Waals surface area contributed by atoms with Crippen LogP contribution in [-0.4, -0.2) is 24.0 Å². The van der Waals surface area contributed by atoms with Crippen molar-refractivity contribution in [2.75, 3.05) is 4.90 Å². The Labute approximate surface area is 497 Å². The van der Waals surface area contributed by atoms with Gasteiger partial charge in [0, 0.05) is 44.9 Å². The Morgan fingerprint density at radius 1 is 0.446 bits per heavy atom. The fourth-order valence-electron chi connectivity index (χ4n) is 14.5. The maximum Gasteiger partial charge on any atom is 0.247 e. The van der Waals surface area contributed by atoms with Gasteiger partial charge in [0.15, 0.2) is 0 Å². The lowest BCUT2D eigenvalue weighted by molar-refractivity contribution is 0.390. The molecule has 2 aliphatic heterocycles. The van der Waals surface area contributed by atoms with Crippen molar-refractivity contribution in [3.63, 3.8) is 0 Å². The Balaban J connectivity index is 1.22. The first-order valence-electron chi connectivity index (χ1n) is 30.5. The highest BCUT2D eigenvalue weighted by atomic mass is 15.2. The van der Waals surface area contributed by atoms with E-state index in [4.69, 9.17) is 0 Å². The second-order valence-corrected chi connectivity index (χ2v) is 28.8. The molecule has 0 fully saturated rings. The number of fused-ring (bicyclic) bond motifs is 5. The van der Waals surface area contributed by atoms with E-state index in [2.05, 4.69) is 310 Å². The molecular formula is C79H84B2N2. The van der Waals surface area contributed by atoms with E-state index in [0.29, 0.717) is 0 Å². The molecule has 1 aromatic heterocycles. The van der Waals surface area contributed by atoms with Crippen molar-refractivity contribution in [2.45, 2.75) is 147 Å². The number of rotatable bonds is 6. The van der Waals surface area contributed by atoms with Crippen molar-refractivity contribution in [1.82, 2.24) is 4.57 Å². The number of anilines is 2. The molecule has 0 amide bonds. The van der Waals surface area contributed by atoms with Gasteiger partial charge in [0.1, 0.15) is 0 Å². The summed E-state index contributed by atoms with van der Waals surface area (Å²) in [4.78, 5) is 2.79. The number of aryl methyl sites for hydroxylation is 6. The lowest BCUT2D eigenvalue weighted by Crippen LogP contribution is -2.64. The predicted molar refractivity (Wildman–Crippen MR) is 365 cm³/mol. The van der Waals surface area contributed by atoms with Crippen molar-refractivity contribution < 1.29 is 0 Å². The third kappa shape index (κ3) is 9.73. The summed E-state index contributed by atoms with van der Waals surface area (Å²) in [6, 6.07) is 64.6. The van der Waals surface area contributed by atoms with E-state index in [1.54, 1.807) is 0 Å². The van der Waals surface area contributed by atoms with Crippen LogP contribution in [0.3, 0.4) is 0 Å². The molecule has 0 saturated heterocycles. The number of hydrogen-bond donors (Lipinski definition) is 0. The van der Waals surface area contributed by atoms with E-state index < -0.39 is 0 Å². The molecule has 0 saturated carbocycles. The topological polar surface area (TPSA) is 8.17 Å². The van der Waals surface area contributed by atoms with E-state index >= 15 is 0 Å². The average molecular weight is 1080 g/mol. The minimum absolute atomic E-state index is 0.0315. The molecule has 0 bridgehead atoms. The third-order valence-electron chi connectivity index (χ3n) is 19.1. The van der Waals surface area contributed by atoms with Crippen molar-refractivity contribution >= 4 is 73.9 Å². The van der Waals surface area contributed by atoms with Crippen LogP contribution in [0.1, 0.15) is 133 Å². The SMILES string of the molecule is Cc1cc(C)c(B2/C=C/C(C)(C)C(C)N3c4ccc(C(C)(C)C)cc4B(c4c(C)cc(C)cc4C)c4cc(-n5c6ccccc6c6cccc(-c7cc(-c8ccc(C(C)(C)C)cc8)cc(-c8ccc(C(C)(C)C)cc8)c7)c65)cc2c43)c(C)c1. The first kappa shape index (κ1) is 56.0. The smallest absolute Gasteiger partial charge is 0.247 e. The minimum atomic E-state index is -0.181. The number of benzene rings is 9. The molecular weight excluding hydrogens is 999 g/mol. The zero-order valence-electron chi connectivity index (χ0n) is 52.9. The Morgan fingerprint density at radius 2 is 0.940 bits per heavy atom. The summed E-state index contributed by atoms with van der Waals surface area (Å²) in [6.45, 7) is 42.1. The van der Waals surface area contributed by atoms with Gasteiger partial charge in [-0.1, -0.05) is 248 Å². The predicted octanol–water partition coefficient (Wildman–Crippen LogP) is 17.6. The summed E-state index contributed by atoms with van der Waals surface area (Å²) >= 11 is 0. The molecule has 9 aromatic carbocycles. The molecule has 0 spiro atoms. The highest BCUT2D eigenvalue weighted by molar-refractivity contribution is 7.00. The van der Waals surface area contributed by atoms with Gasteiger partial charge in [-0.05, 0) is 168 Å². The van der Waals surface area contributed by atoms with Crippen molar-refractivity contribution in [3.05, 3.63) is 226 Å². The van der Waals surface area contributed by atoms with Crippen LogP contribution in [0.5, 0.6) is 0 Å². The van der Waals surface area contributed by atoms with Crippen molar-refractivity contribution in [3.8, 4) is 39.1 Å². The van der Waals surface area contributed by atoms with Crippen LogP contribution in [0.25, 0.3) is 60.9 Å². The van der Waals surface area contributed by atoms with Crippen molar-refractivity contribution in [1.29, 1.82) is 0 Å². The van der Waals surface area contributed by atoms with Gasteiger partial charge in [-0.15, -0.1) is 5.98 Å². The average Bonchev–Trinajstić information content (AvgIpc) is 1.60. The largest absolute Gasteiger partial charge is 0.339 e. The standard InChI is InChI=1S/C79H84B2N2/c1-48-38-50(3)72(51(4)39-48)80-37-36-79(17,18)54(7)82-71-35-34-62(78(14,15)16)45-67(71)81(73-52(5)40-49(2)41-53(73)6)69-47-63(46-68(80)75(69)82)83-70-25-20-19-22-65(70)66-24-21-23-64(74(66)83)59-43-57(55-26-30-60(31-27-55)76(8,9)10)42-58(44-59)56-28-32-61(33-29-56)77(11,12)13/h19-47,54H,1-18H3/b37-36+. The Morgan fingerprint density at radius 3 is 1.49 bits per heavy atom. The normalized spacial score (nSPS) is 15.6. The molecule has 1 unspecified atom stereocenters.